The summed E-state index contributed by atoms with van der Waals surface area (Å²) in [5.41, 5.74) is 1.34. The Morgan fingerprint density at radius 1 is 1.17 bits per heavy atom. The standard InChI is InChI=1S/C21H20Cl3NO4/c1-2-3-17(21(27)28)25-18(26)11-29-20(15-9-8-14(23)10-16(15)24)19(25)12-4-6-13(22)7-5-12/h4-10,17,19-20H,2-3,11H2,1H3,(H,27,28)/t17-,19-,20+/m1/s1. The lowest BCUT2D eigenvalue weighted by atomic mass is 9.90. The summed E-state index contributed by atoms with van der Waals surface area (Å²) in [4.78, 5) is 26.3. The fourth-order valence-electron chi connectivity index (χ4n) is 3.64. The summed E-state index contributed by atoms with van der Waals surface area (Å²) in [6, 6.07) is 10.3. The van der Waals surface area contributed by atoms with E-state index < -0.39 is 24.2 Å². The number of nitrogens with zero attached hydrogens (tertiary/aromatic N) is 1. The van der Waals surface area contributed by atoms with E-state index >= 15 is 0 Å². The Morgan fingerprint density at radius 2 is 1.83 bits per heavy atom. The number of benzene rings is 2. The van der Waals surface area contributed by atoms with E-state index in [-0.39, 0.29) is 12.5 Å². The van der Waals surface area contributed by atoms with Crippen LogP contribution in [-0.4, -0.2) is 34.5 Å². The number of carbonyl (C=O) groups is 2. The molecule has 8 heteroatoms. The fourth-order valence-corrected chi connectivity index (χ4v) is 4.28. The van der Waals surface area contributed by atoms with Gasteiger partial charge in [0.05, 0.1) is 6.04 Å². The Labute approximate surface area is 184 Å². The van der Waals surface area contributed by atoms with Gasteiger partial charge in [0.1, 0.15) is 18.8 Å². The second-order valence-corrected chi connectivity index (χ2v) is 8.12. The third-order valence-corrected chi connectivity index (χ3v) is 5.74. The quantitative estimate of drug-likeness (QED) is 0.619. The molecule has 0 aliphatic carbocycles. The molecule has 0 aromatic heterocycles. The van der Waals surface area contributed by atoms with Crippen LogP contribution in [0.15, 0.2) is 42.5 Å². The van der Waals surface area contributed by atoms with Crippen LogP contribution in [0.3, 0.4) is 0 Å². The molecule has 0 radical (unpaired) electrons. The van der Waals surface area contributed by atoms with Gasteiger partial charge in [-0.15, -0.1) is 0 Å². The van der Waals surface area contributed by atoms with Crippen molar-refractivity contribution in [2.75, 3.05) is 6.61 Å². The number of morpholine rings is 1. The van der Waals surface area contributed by atoms with Gasteiger partial charge in [0.2, 0.25) is 5.91 Å². The molecule has 1 saturated heterocycles. The highest BCUT2D eigenvalue weighted by molar-refractivity contribution is 6.35. The Bertz CT molecular complexity index is 903. The minimum absolute atomic E-state index is 0.235. The first kappa shape index (κ1) is 21.9. The molecule has 1 N–H and O–H groups in total. The maximum atomic E-state index is 12.8. The van der Waals surface area contributed by atoms with Gasteiger partial charge in [0.25, 0.3) is 0 Å². The van der Waals surface area contributed by atoms with Crippen molar-refractivity contribution in [2.45, 2.75) is 38.0 Å². The average Bonchev–Trinajstić information content (AvgIpc) is 2.67. The highest BCUT2D eigenvalue weighted by Crippen LogP contribution is 2.44. The monoisotopic (exact) mass is 455 g/mol. The first-order chi connectivity index (χ1) is 13.8. The maximum Gasteiger partial charge on any atom is 0.326 e. The molecule has 154 valence electrons. The molecule has 1 heterocycles. The first-order valence-electron chi connectivity index (χ1n) is 9.19. The number of halogens is 3. The lowest BCUT2D eigenvalue weighted by Gasteiger charge is -2.44. The molecule has 3 rings (SSSR count). The fraction of sp³-hybridized carbons (Fsp3) is 0.333. The topological polar surface area (TPSA) is 66.8 Å². The molecule has 1 aliphatic rings. The van der Waals surface area contributed by atoms with Gasteiger partial charge in [-0.1, -0.05) is 66.3 Å². The molecule has 29 heavy (non-hydrogen) atoms. The number of rotatable bonds is 6. The van der Waals surface area contributed by atoms with Gasteiger partial charge in [-0.2, -0.15) is 0 Å². The van der Waals surface area contributed by atoms with Crippen LogP contribution in [-0.2, 0) is 14.3 Å². The van der Waals surface area contributed by atoms with Gasteiger partial charge in [-0.3, -0.25) is 4.79 Å². The summed E-state index contributed by atoms with van der Waals surface area (Å²) < 4.78 is 5.89. The zero-order chi connectivity index (χ0) is 21.1. The maximum absolute atomic E-state index is 12.8. The summed E-state index contributed by atoms with van der Waals surface area (Å²) in [5.74, 6) is -1.44. The van der Waals surface area contributed by atoms with E-state index in [0.717, 1.165) is 0 Å². The number of carboxylic acids is 1. The molecule has 5 nitrogen and oxygen atoms in total. The average molecular weight is 457 g/mol. The lowest BCUT2D eigenvalue weighted by Crippen LogP contribution is -2.53. The van der Waals surface area contributed by atoms with Crippen LogP contribution in [0.5, 0.6) is 0 Å². The van der Waals surface area contributed by atoms with Crippen LogP contribution < -0.4 is 0 Å². The number of hydrogen-bond donors (Lipinski definition) is 1. The van der Waals surface area contributed by atoms with Crippen LogP contribution >= 0.6 is 34.8 Å². The molecule has 0 bridgehead atoms. The van der Waals surface area contributed by atoms with E-state index in [0.29, 0.717) is 39.0 Å². The largest absolute Gasteiger partial charge is 0.480 e. The van der Waals surface area contributed by atoms with Crippen molar-refractivity contribution in [3.63, 3.8) is 0 Å². The number of amides is 1. The highest BCUT2D eigenvalue weighted by atomic mass is 35.5. The predicted molar refractivity (Wildman–Crippen MR) is 113 cm³/mol. The van der Waals surface area contributed by atoms with Crippen LogP contribution in [0.4, 0.5) is 0 Å². The van der Waals surface area contributed by atoms with Gasteiger partial charge in [0.15, 0.2) is 0 Å². The van der Waals surface area contributed by atoms with Crippen molar-refractivity contribution in [3.05, 3.63) is 68.7 Å². The normalized spacial score (nSPS) is 20.6. The van der Waals surface area contributed by atoms with Crippen LogP contribution in [0.2, 0.25) is 15.1 Å². The third-order valence-electron chi connectivity index (χ3n) is 4.92. The zero-order valence-corrected chi connectivity index (χ0v) is 17.9. The summed E-state index contributed by atoms with van der Waals surface area (Å²) in [6.45, 7) is 1.65. The SMILES string of the molecule is CCC[C@H](C(=O)O)N1C(=O)CO[C@@H](c2ccc(Cl)cc2Cl)[C@H]1c1ccc(Cl)cc1. The molecular weight excluding hydrogens is 437 g/mol. The summed E-state index contributed by atoms with van der Waals surface area (Å²) in [5, 5.41) is 11.2. The van der Waals surface area contributed by atoms with E-state index in [1.165, 1.54) is 4.90 Å². The van der Waals surface area contributed by atoms with Gasteiger partial charge in [-0.25, -0.2) is 4.79 Å². The van der Waals surface area contributed by atoms with Gasteiger partial charge < -0.3 is 14.7 Å². The Hall–Kier alpha value is -1.79. The molecule has 2 aromatic rings. The summed E-state index contributed by atoms with van der Waals surface area (Å²) in [7, 11) is 0. The molecule has 2 aromatic carbocycles. The van der Waals surface area contributed by atoms with Crippen molar-refractivity contribution >= 4 is 46.7 Å². The van der Waals surface area contributed by atoms with Gasteiger partial charge in [-0.05, 0) is 36.2 Å². The molecule has 0 unspecified atom stereocenters. The third kappa shape index (κ3) is 4.69. The molecule has 0 spiro atoms. The highest BCUT2D eigenvalue weighted by Gasteiger charge is 2.44. The molecular formula is C21H20Cl3NO4. The summed E-state index contributed by atoms with van der Waals surface area (Å²) in [6.07, 6.45) is 0.283. The second-order valence-electron chi connectivity index (χ2n) is 6.84. The van der Waals surface area contributed by atoms with Gasteiger partial charge in [0, 0.05) is 20.6 Å². The lowest BCUT2D eigenvalue weighted by molar-refractivity contribution is -0.171. The zero-order valence-electron chi connectivity index (χ0n) is 15.6. The van der Waals surface area contributed by atoms with E-state index in [4.69, 9.17) is 39.5 Å². The van der Waals surface area contributed by atoms with Crippen molar-refractivity contribution in [1.29, 1.82) is 0 Å². The number of aliphatic carboxylic acids is 1. The van der Waals surface area contributed by atoms with E-state index in [2.05, 4.69) is 0 Å². The molecule has 3 atom stereocenters. The molecule has 0 saturated carbocycles. The van der Waals surface area contributed by atoms with Gasteiger partial charge >= 0.3 is 5.97 Å². The minimum atomic E-state index is -1.05. The Balaban J connectivity index is 2.15. The van der Waals surface area contributed by atoms with Crippen LogP contribution in [0.25, 0.3) is 0 Å². The molecule has 1 aliphatic heterocycles. The first-order valence-corrected chi connectivity index (χ1v) is 10.3. The van der Waals surface area contributed by atoms with Crippen molar-refractivity contribution in [3.8, 4) is 0 Å². The number of carbonyl (C=O) groups excluding carboxylic acids is 1. The number of carboxylic acid groups (broad SMARTS) is 1. The van der Waals surface area contributed by atoms with Crippen molar-refractivity contribution < 1.29 is 19.4 Å². The van der Waals surface area contributed by atoms with E-state index in [1.807, 2.05) is 6.92 Å². The Kier molecular flexibility index (Phi) is 7.06. The summed E-state index contributed by atoms with van der Waals surface area (Å²) >= 11 is 18.5. The van der Waals surface area contributed by atoms with E-state index in [9.17, 15) is 14.7 Å². The second kappa shape index (κ2) is 9.35. The van der Waals surface area contributed by atoms with E-state index in [1.54, 1.807) is 42.5 Å². The number of ether oxygens (including phenoxy) is 1. The van der Waals surface area contributed by atoms with Crippen LogP contribution in [0, 0.1) is 0 Å². The smallest absolute Gasteiger partial charge is 0.326 e. The van der Waals surface area contributed by atoms with Crippen molar-refractivity contribution in [1.82, 2.24) is 4.90 Å². The Morgan fingerprint density at radius 3 is 2.41 bits per heavy atom. The number of hydrogen-bond acceptors (Lipinski definition) is 3. The minimum Gasteiger partial charge on any atom is -0.480 e. The predicted octanol–water partition coefficient (Wildman–Crippen LogP) is 5.54. The molecule has 1 fully saturated rings. The molecule has 1 amide bonds. The van der Waals surface area contributed by atoms with Crippen molar-refractivity contribution in [2.24, 2.45) is 0 Å². The van der Waals surface area contributed by atoms with Crippen LogP contribution in [0.1, 0.15) is 43.0 Å².